The molecule has 0 fully saturated rings. The standard InChI is InChI=1S/C13H29NO/c1-7-15-9-8-12(11(2)3)10-14-13(4,5)6/h11-12,14H,7-10H2,1-6H3. The fraction of sp³-hybridized carbons (Fsp3) is 1.00. The summed E-state index contributed by atoms with van der Waals surface area (Å²) in [6.45, 7) is 16.1. The van der Waals surface area contributed by atoms with E-state index >= 15 is 0 Å². The molecule has 0 amide bonds. The van der Waals surface area contributed by atoms with Crippen molar-refractivity contribution in [3.05, 3.63) is 0 Å². The van der Waals surface area contributed by atoms with Gasteiger partial charge in [-0.05, 0) is 52.5 Å². The van der Waals surface area contributed by atoms with Gasteiger partial charge in [-0.1, -0.05) is 13.8 Å². The normalized spacial score (nSPS) is 14.6. The van der Waals surface area contributed by atoms with Crippen molar-refractivity contribution in [3.63, 3.8) is 0 Å². The van der Waals surface area contributed by atoms with Crippen LogP contribution in [0.15, 0.2) is 0 Å². The van der Waals surface area contributed by atoms with Gasteiger partial charge in [0.1, 0.15) is 0 Å². The van der Waals surface area contributed by atoms with Crippen molar-refractivity contribution in [3.8, 4) is 0 Å². The van der Waals surface area contributed by atoms with E-state index < -0.39 is 0 Å². The lowest BCUT2D eigenvalue weighted by Crippen LogP contribution is -2.40. The Morgan fingerprint density at radius 2 is 1.80 bits per heavy atom. The molecule has 1 atom stereocenters. The van der Waals surface area contributed by atoms with Crippen molar-refractivity contribution in [2.75, 3.05) is 19.8 Å². The topological polar surface area (TPSA) is 21.3 Å². The largest absolute Gasteiger partial charge is 0.382 e. The fourth-order valence-electron chi connectivity index (χ4n) is 1.49. The van der Waals surface area contributed by atoms with Crippen LogP contribution >= 0.6 is 0 Å². The summed E-state index contributed by atoms with van der Waals surface area (Å²) < 4.78 is 5.42. The maximum Gasteiger partial charge on any atom is 0.0469 e. The molecule has 0 aromatic carbocycles. The number of rotatable bonds is 7. The van der Waals surface area contributed by atoms with Gasteiger partial charge in [-0.2, -0.15) is 0 Å². The molecule has 0 rings (SSSR count). The maximum absolute atomic E-state index is 5.42. The first-order chi connectivity index (χ1) is 6.87. The van der Waals surface area contributed by atoms with E-state index in [4.69, 9.17) is 4.74 Å². The summed E-state index contributed by atoms with van der Waals surface area (Å²) in [4.78, 5) is 0. The van der Waals surface area contributed by atoms with E-state index in [1.807, 2.05) is 0 Å². The first-order valence-electron chi connectivity index (χ1n) is 6.19. The summed E-state index contributed by atoms with van der Waals surface area (Å²) in [6, 6.07) is 0. The smallest absolute Gasteiger partial charge is 0.0469 e. The molecule has 2 heteroatoms. The fourth-order valence-corrected chi connectivity index (χ4v) is 1.49. The molecule has 0 aliphatic carbocycles. The summed E-state index contributed by atoms with van der Waals surface area (Å²) in [5.41, 5.74) is 0.221. The van der Waals surface area contributed by atoms with Gasteiger partial charge in [-0.15, -0.1) is 0 Å². The second-order valence-electron chi connectivity index (χ2n) is 5.62. The van der Waals surface area contributed by atoms with Gasteiger partial charge in [0, 0.05) is 18.8 Å². The van der Waals surface area contributed by atoms with E-state index in [2.05, 4.69) is 46.9 Å². The summed E-state index contributed by atoms with van der Waals surface area (Å²) in [7, 11) is 0. The van der Waals surface area contributed by atoms with E-state index in [1.165, 1.54) is 0 Å². The van der Waals surface area contributed by atoms with Crippen LogP contribution in [0.4, 0.5) is 0 Å². The van der Waals surface area contributed by atoms with Gasteiger partial charge in [0.25, 0.3) is 0 Å². The third kappa shape index (κ3) is 8.88. The highest BCUT2D eigenvalue weighted by Gasteiger charge is 2.16. The van der Waals surface area contributed by atoms with Crippen LogP contribution in [0.2, 0.25) is 0 Å². The summed E-state index contributed by atoms with van der Waals surface area (Å²) in [6.07, 6.45) is 1.16. The van der Waals surface area contributed by atoms with Crippen molar-refractivity contribution < 1.29 is 4.74 Å². The van der Waals surface area contributed by atoms with Crippen LogP contribution in [0.3, 0.4) is 0 Å². The third-order valence-corrected chi connectivity index (χ3v) is 2.67. The van der Waals surface area contributed by atoms with E-state index in [1.54, 1.807) is 0 Å². The van der Waals surface area contributed by atoms with Gasteiger partial charge in [-0.25, -0.2) is 0 Å². The molecular weight excluding hydrogens is 186 g/mol. The SMILES string of the molecule is CCOCCC(CNC(C)(C)C)C(C)C. The zero-order chi connectivity index (χ0) is 11.9. The Labute approximate surface area is 95.8 Å². The summed E-state index contributed by atoms with van der Waals surface area (Å²) >= 11 is 0. The van der Waals surface area contributed by atoms with Gasteiger partial charge in [0.05, 0.1) is 0 Å². The second-order valence-corrected chi connectivity index (χ2v) is 5.62. The van der Waals surface area contributed by atoms with Gasteiger partial charge < -0.3 is 10.1 Å². The van der Waals surface area contributed by atoms with Crippen LogP contribution in [-0.4, -0.2) is 25.3 Å². The molecule has 0 radical (unpaired) electrons. The van der Waals surface area contributed by atoms with Gasteiger partial charge in [-0.3, -0.25) is 0 Å². The maximum atomic E-state index is 5.42. The van der Waals surface area contributed by atoms with Gasteiger partial charge in [0.15, 0.2) is 0 Å². The quantitative estimate of drug-likeness (QED) is 0.659. The van der Waals surface area contributed by atoms with Gasteiger partial charge in [0.2, 0.25) is 0 Å². The lowest BCUT2D eigenvalue weighted by atomic mass is 9.92. The predicted molar refractivity (Wildman–Crippen MR) is 67.2 cm³/mol. The number of hydrogen-bond donors (Lipinski definition) is 1. The molecule has 0 heterocycles. The Morgan fingerprint density at radius 3 is 2.20 bits per heavy atom. The molecular formula is C13H29NO. The zero-order valence-corrected chi connectivity index (χ0v) is 11.4. The second kappa shape index (κ2) is 7.24. The average Bonchev–Trinajstić information content (AvgIpc) is 2.08. The van der Waals surface area contributed by atoms with Crippen molar-refractivity contribution in [1.29, 1.82) is 0 Å². The number of ether oxygens (including phenoxy) is 1. The first-order valence-corrected chi connectivity index (χ1v) is 6.19. The molecule has 0 saturated heterocycles. The van der Waals surface area contributed by atoms with Crippen LogP contribution in [0.5, 0.6) is 0 Å². The van der Waals surface area contributed by atoms with Crippen LogP contribution in [0, 0.1) is 11.8 Å². The Morgan fingerprint density at radius 1 is 1.20 bits per heavy atom. The molecule has 92 valence electrons. The van der Waals surface area contributed by atoms with Crippen molar-refractivity contribution in [2.24, 2.45) is 11.8 Å². The third-order valence-electron chi connectivity index (χ3n) is 2.67. The van der Waals surface area contributed by atoms with Crippen LogP contribution in [0.25, 0.3) is 0 Å². The van der Waals surface area contributed by atoms with Crippen LogP contribution in [0.1, 0.15) is 48.0 Å². The lowest BCUT2D eigenvalue weighted by molar-refractivity contribution is 0.122. The van der Waals surface area contributed by atoms with E-state index in [9.17, 15) is 0 Å². The molecule has 0 spiro atoms. The Hall–Kier alpha value is -0.0800. The minimum Gasteiger partial charge on any atom is -0.382 e. The monoisotopic (exact) mass is 215 g/mol. The van der Waals surface area contributed by atoms with Crippen LogP contribution in [-0.2, 0) is 4.74 Å². The van der Waals surface area contributed by atoms with Gasteiger partial charge >= 0.3 is 0 Å². The van der Waals surface area contributed by atoms with Crippen LogP contribution < -0.4 is 5.32 Å². The molecule has 0 bridgehead atoms. The highest BCUT2D eigenvalue weighted by molar-refractivity contribution is 4.74. The molecule has 1 unspecified atom stereocenters. The average molecular weight is 215 g/mol. The number of hydrogen-bond acceptors (Lipinski definition) is 2. The summed E-state index contributed by atoms with van der Waals surface area (Å²) in [5.74, 6) is 1.44. The highest BCUT2D eigenvalue weighted by atomic mass is 16.5. The molecule has 15 heavy (non-hydrogen) atoms. The molecule has 0 aromatic heterocycles. The Balaban J connectivity index is 3.84. The molecule has 1 N–H and O–H groups in total. The Bertz CT molecular complexity index is 149. The van der Waals surface area contributed by atoms with E-state index in [-0.39, 0.29) is 5.54 Å². The minimum atomic E-state index is 0.221. The summed E-state index contributed by atoms with van der Waals surface area (Å²) in [5, 5.41) is 3.57. The zero-order valence-electron chi connectivity index (χ0n) is 11.4. The molecule has 2 nitrogen and oxygen atoms in total. The molecule has 0 aromatic rings. The minimum absolute atomic E-state index is 0.221. The molecule has 0 saturated carbocycles. The number of nitrogens with one attached hydrogen (secondary N) is 1. The van der Waals surface area contributed by atoms with Crippen molar-refractivity contribution in [1.82, 2.24) is 5.32 Å². The van der Waals surface area contributed by atoms with Crippen molar-refractivity contribution in [2.45, 2.75) is 53.5 Å². The predicted octanol–water partition coefficient (Wildman–Crippen LogP) is 3.07. The Kier molecular flexibility index (Phi) is 7.20. The van der Waals surface area contributed by atoms with E-state index in [0.717, 1.165) is 38.0 Å². The lowest BCUT2D eigenvalue weighted by Gasteiger charge is -2.27. The first kappa shape index (κ1) is 14.9. The molecule has 0 aliphatic heterocycles. The highest BCUT2D eigenvalue weighted by Crippen LogP contribution is 2.15. The molecule has 0 aliphatic rings. The van der Waals surface area contributed by atoms with E-state index in [0.29, 0.717) is 0 Å². The van der Waals surface area contributed by atoms with Crippen molar-refractivity contribution >= 4 is 0 Å².